The van der Waals surface area contributed by atoms with Crippen molar-refractivity contribution in [1.29, 1.82) is 0 Å². The van der Waals surface area contributed by atoms with Crippen molar-refractivity contribution < 1.29 is 4.79 Å². The second-order valence-electron chi connectivity index (χ2n) is 5.76. The normalized spacial score (nSPS) is 11.0. The first-order valence-corrected chi connectivity index (χ1v) is 8.74. The maximum absolute atomic E-state index is 12.2. The largest absolute Gasteiger partial charge is 0.326 e. The highest BCUT2D eigenvalue weighted by atomic mass is 79.9. The summed E-state index contributed by atoms with van der Waals surface area (Å²) in [5.41, 5.74) is 9.17. The minimum absolute atomic E-state index is 0.0433. The molecule has 0 aliphatic rings. The number of carbonyl (C=O) groups excluding carboxylic acids is 1. The van der Waals surface area contributed by atoms with E-state index in [0.717, 1.165) is 27.1 Å². The zero-order chi connectivity index (χ0) is 18.0. The number of anilines is 1. The summed E-state index contributed by atoms with van der Waals surface area (Å²) in [6.45, 7) is 4.15. The van der Waals surface area contributed by atoms with Crippen molar-refractivity contribution >= 4 is 33.3 Å². The highest BCUT2D eigenvalue weighted by Gasteiger charge is 2.14. The lowest BCUT2D eigenvalue weighted by Gasteiger charge is -2.10. The number of hydrogen-bond donors (Lipinski definition) is 2. The van der Waals surface area contributed by atoms with Crippen molar-refractivity contribution in [2.45, 2.75) is 33.2 Å². The van der Waals surface area contributed by atoms with E-state index in [1.165, 1.54) is 0 Å². The monoisotopic (exact) mass is 402 g/mol. The molecule has 0 saturated carbocycles. The van der Waals surface area contributed by atoms with Gasteiger partial charge < -0.3 is 11.1 Å². The van der Waals surface area contributed by atoms with Crippen LogP contribution in [0.25, 0.3) is 5.78 Å². The summed E-state index contributed by atoms with van der Waals surface area (Å²) in [6, 6.07) is 7.52. The number of halogens is 1. The number of rotatable bonds is 5. The molecule has 0 fully saturated rings. The van der Waals surface area contributed by atoms with E-state index < -0.39 is 0 Å². The molecule has 0 saturated heterocycles. The van der Waals surface area contributed by atoms with E-state index in [4.69, 9.17) is 5.73 Å². The zero-order valence-corrected chi connectivity index (χ0v) is 15.7. The Morgan fingerprint density at radius 2 is 2.12 bits per heavy atom. The molecule has 1 amide bonds. The van der Waals surface area contributed by atoms with Gasteiger partial charge in [0.25, 0.3) is 5.78 Å². The lowest BCUT2D eigenvalue weighted by atomic mass is 10.1. The SMILES string of the molecule is Cc1nc2nc(CN)nn2c(C)c1CCC(=O)Nc1cccc(Br)c1. The predicted molar refractivity (Wildman–Crippen MR) is 99.2 cm³/mol. The van der Waals surface area contributed by atoms with E-state index in [1.807, 2.05) is 38.1 Å². The van der Waals surface area contributed by atoms with Gasteiger partial charge in [0.1, 0.15) is 0 Å². The van der Waals surface area contributed by atoms with Crippen LogP contribution >= 0.6 is 15.9 Å². The number of aryl methyl sites for hydroxylation is 2. The van der Waals surface area contributed by atoms with Crippen molar-refractivity contribution in [3.8, 4) is 0 Å². The molecule has 0 spiro atoms. The minimum Gasteiger partial charge on any atom is -0.326 e. The summed E-state index contributed by atoms with van der Waals surface area (Å²) >= 11 is 3.39. The molecule has 2 heterocycles. The fraction of sp³-hybridized carbons (Fsp3) is 0.294. The number of hydrogen-bond acceptors (Lipinski definition) is 5. The van der Waals surface area contributed by atoms with E-state index in [0.29, 0.717) is 24.4 Å². The summed E-state index contributed by atoms with van der Waals surface area (Å²) in [5, 5.41) is 7.25. The first-order chi connectivity index (χ1) is 12.0. The number of amides is 1. The first kappa shape index (κ1) is 17.5. The van der Waals surface area contributed by atoms with Crippen LogP contribution in [0.2, 0.25) is 0 Å². The molecule has 3 N–H and O–H groups in total. The van der Waals surface area contributed by atoms with Gasteiger partial charge >= 0.3 is 0 Å². The molecule has 3 aromatic rings. The molecule has 0 atom stereocenters. The minimum atomic E-state index is -0.0433. The predicted octanol–water partition coefficient (Wildman–Crippen LogP) is 2.53. The number of benzene rings is 1. The Balaban J connectivity index is 1.75. The lowest BCUT2D eigenvalue weighted by Crippen LogP contribution is -2.14. The Kier molecular flexibility index (Phi) is 5.10. The Labute approximate surface area is 153 Å². The van der Waals surface area contributed by atoms with Crippen LogP contribution in [-0.2, 0) is 17.8 Å². The van der Waals surface area contributed by atoms with Gasteiger partial charge in [-0.05, 0) is 44.0 Å². The molecular formula is C17H19BrN6O. The Morgan fingerprint density at radius 1 is 1.32 bits per heavy atom. The molecule has 0 unspecified atom stereocenters. The van der Waals surface area contributed by atoms with E-state index in [-0.39, 0.29) is 12.5 Å². The fourth-order valence-electron chi connectivity index (χ4n) is 2.73. The van der Waals surface area contributed by atoms with Crippen LogP contribution in [0.1, 0.15) is 29.2 Å². The van der Waals surface area contributed by atoms with E-state index in [2.05, 4.69) is 36.3 Å². The molecule has 7 nitrogen and oxygen atoms in total. The van der Waals surface area contributed by atoms with Gasteiger partial charge in [-0.15, -0.1) is 5.10 Å². The highest BCUT2D eigenvalue weighted by molar-refractivity contribution is 9.10. The molecule has 3 rings (SSSR count). The van der Waals surface area contributed by atoms with Crippen molar-refractivity contribution in [3.63, 3.8) is 0 Å². The zero-order valence-electron chi connectivity index (χ0n) is 14.1. The molecule has 130 valence electrons. The molecule has 2 aromatic heterocycles. The van der Waals surface area contributed by atoms with Crippen molar-refractivity contribution in [2.75, 3.05) is 5.32 Å². The lowest BCUT2D eigenvalue weighted by molar-refractivity contribution is -0.116. The van der Waals surface area contributed by atoms with E-state index in [1.54, 1.807) is 4.52 Å². The Hall–Kier alpha value is -2.32. The quantitative estimate of drug-likeness (QED) is 0.682. The summed E-state index contributed by atoms with van der Waals surface area (Å²) in [4.78, 5) is 21.0. The number of nitrogens with zero attached hydrogens (tertiary/aromatic N) is 4. The molecule has 1 aromatic carbocycles. The summed E-state index contributed by atoms with van der Waals surface area (Å²) in [7, 11) is 0. The number of aromatic nitrogens is 4. The topological polar surface area (TPSA) is 98.2 Å². The highest BCUT2D eigenvalue weighted by Crippen LogP contribution is 2.18. The first-order valence-electron chi connectivity index (χ1n) is 7.95. The van der Waals surface area contributed by atoms with Gasteiger partial charge in [0.2, 0.25) is 5.91 Å². The van der Waals surface area contributed by atoms with Gasteiger partial charge in [0.15, 0.2) is 5.82 Å². The third-order valence-electron chi connectivity index (χ3n) is 3.99. The number of fused-ring (bicyclic) bond motifs is 1. The van der Waals surface area contributed by atoms with Crippen LogP contribution in [0, 0.1) is 13.8 Å². The van der Waals surface area contributed by atoms with Gasteiger partial charge in [-0.3, -0.25) is 4.79 Å². The number of nitrogens with two attached hydrogens (primary N) is 1. The molecule has 0 bridgehead atoms. The van der Waals surface area contributed by atoms with Crippen LogP contribution in [0.3, 0.4) is 0 Å². The van der Waals surface area contributed by atoms with Gasteiger partial charge in [-0.1, -0.05) is 22.0 Å². The second kappa shape index (κ2) is 7.28. The van der Waals surface area contributed by atoms with Crippen molar-refractivity contribution in [1.82, 2.24) is 19.6 Å². The molecule has 25 heavy (non-hydrogen) atoms. The van der Waals surface area contributed by atoms with Gasteiger partial charge in [-0.2, -0.15) is 4.98 Å². The van der Waals surface area contributed by atoms with Crippen LogP contribution in [0.5, 0.6) is 0 Å². The van der Waals surface area contributed by atoms with Gasteiger partial charge in [-0.25, -0.2) is 9.50 Å². The molecular weight excluding hydrogens is 384 g/mol. The maximum atomic E-state index is 12.2. The standard InChI is InChI=1S/C17H19BrN6O/c1-10-14(11(2)24-17(20-10)22-15(9-19)23-24)6-7-16(25)21-13-5-3-4-12(18)8-13/h3-5,8H,6-7,9,19H2,1-2H3,(H,21,25). The second-order valence-corrected chi connectivity index (χ2v) is 6.68. The molecule has 8 heteroatoms. The van der Waals surface area contributed by atoms with Gasteiger partial charge in [0.05, 0.1) is 6.54 Å². The van der Waals surface area contributed by atoms with Crippen LogP contribution in [-0.4, -0.2) is 25.5 Å². The molecule has 0 aliphatic carbocycles. The third-order valence-corrected chi connectivity index (χ3v) is 4.48. The Bertz CT molecular complexity index is 936. The maximum Gasteiger partial charge on any atom is 0.252 e. The van der Waals surface area contributed by atoms with Crippen molar-refractivity contribution in [2.24, 2.45) is 5.73 Å². The van der Waals surface area contributed by atoms with Crippen LogP contribution < -0.4 is 11.1 Å². The smallest absolute Gasteiger partial charge is 0.252 e. The Morgan fingerprint density at radius 3 is 2.84 bits per heavy atom. The van der Waals surface area contributed by atoms with Crippen LogP contribution in [0.15, 0.2) is 28.7 Å². The number of nitrogens with one attached hydrogen (secondary N) is 1. The van der Waals surface area contributed by atoms with E-state index >= 15 is 0 Å². The van der Waals surface area contributed by atoms with Gasteiger partial charge in [0, 0.05) is 28.0 Å². The molecule has 0 aliphatic heterocycles. The van der Waals surface area contributed by atoms with Crippen LogP contribution in [0.4, 0.5) is 5.69 Å². The summed E-state index contributed by atoms with van der Waals surface area (Å²) in [5.74, 6) is 1.05. The summed E-state index contributed by atoms with van der Waals surface area (Å²) < 4.78 is 2.62. The summed E-state index contributed by atoms with van der Waals surface area (Å²) in [6.07, 6.45) is 0.943. The third kappa shape index (κ3) is 3.85. The van der Waals surface area contributed by atoms with E-state index in [9.17, 15) is 4.79 Å². The fourth-order valence-corrected chi connectivity index (χ4v) is 3.13. The average molecular weight is 403 g/mol. The van der Waals surface area contributed by atoms with Crippen molar-refractivity contribution in [3.05, 3.63) is 51.5 Å². The average Bonchev–Trinajstić information content (AvgIpc) is 2.98. The number of carbonyl (C=O) groups is 1. The molecule has 0 radical (unpaired) electrons.